The van der Waals surface area contributed by atoms with Crippen LogP contribution in [0.5, 0.6) is 0 Å². The van der Waals surface area contributed by atoms with Crippen molar-refractivity contribution in [2.45, 2.75) is 13.1 Å². The third-order valence-corrected chi connectivity index (χ3v) is 1.50. The molecule has 1 rings (SSSR count). The van der Waals surface area contributed by atoms with Gasteiger partial charge in [-0.2, -0.15) is 18.3 Å². The summed E-state index contributed by atoms with van der Waals surface area (Å²) in [6, 6.07) is 0. The van der Waals surface area contributed by atoms with Gasteiger partial charge in [0.05, 0.1) is 18.4 Å². The first kappa shape index (κ1) is 12.1. The van der Waals surface area contributed by atoms with Crippen molar-refractivity contribution in [2.24, 2.45) is 0 Å². The van der Waals surface area contributed by atoms with Crippen LogP contribution in [0.4, 0.5) is 13.2 Å². The SMILES string of the molecule is CCOC(=O)C#Cc1cn[nH]c1C(F)(F)F. The largest absolute Gasteiger partial charge is 0.456 e. The number of nitrogens with one attached hydrogen (secondary N) is 1. The third kappa shape index (κ3) is 3.02. The minimum absolute atomic E-state index is 0.116. The van der Waals surface area contributed by atoms with E-state index >= 15 is 0 Å². The quantitative estimate of drug-likeness (QED) is 0.587. The maximum Gasteiger partial charge on any atom is 0.434 e. The minimum atomic E-state index is -4.57. The standard InChI is InChI=1S/C9H7F3N2O2/c1-2-16-7(15)4-3-6-5-13-14-8(6)9(10,11)12/h5H,2H2,1H3,(H,13,14). The van der Waals surface area contributed by atoms with E-state index in [2.05, 4.69) is 9.84 Å². The topological polar surface area (TPSA) is 55.0 Å². The van der Waals surface area contributed by atoms with Crippen LogP contribution in [0.2, 0.25) is 0 Å². The summed E-state index contributed by atoms with van der Waals surface area (Å²) in [7, 11) is 0. The normalized spacial score (nSPS) is 10.5. The van der Waals surface area contributed by atoms with E-state index in [1.807, 2.05) is 11.8 Å². The second-order valence-corrected chi connectivity index (χ2v) is 2.63. The molecule has 0 bridgehead atoms. The maximum absolute atomic E-state index is 12.3. The van der Waals surface area contributed by atoms with Gasteiger partial charge in [0.2, 0.25) is 0 Å². The van der Waals surface area contributed by atoms with Gasteiger partial charge < -0.3 is 4.74 Å². The molecule has 86 valence electrons. The molecule has 0 unspecified atom stereocenters. The molecule has 16 heavy (non-hydrogen) atoms. The van der Waals surface area contributed by atoms with Crippen LogP contribution < -0.4 is 0 Å². The fourth-order valence-electron chi connectivity index (χ4n) is 0.883. The van der Waals surface area contributed by atoms with Gasteiger partial charge in [-0.05, 0) is 6.92 Å². The Kier molecular flexibility index (Phi) is 3.55. The minimum Gasteiger partial charge on any atom is -0.456 e. The van der Waals surface area contributed by atoms with Gasteiger partial charge in [-0.15, -0.1) is 0 Å². The van der Waals surface area contributed by atoms with Crippen LogP contribution in [0, 0.1) is 11.8 Å². The lowest BCUT2D eigenvalue weighted by atomic mass is 10.2. The third-order valence-electron chi connectivity index (χ3n) is 1.50. The molecular weight excluding hydrogens is 225 g/mol. The van der Waals surface area contributed by atoms with Crippen molar-refractivity contribution >= 4 is 5.97 Å². The number of aromatic nitrogens is 2. The number of carbonyl (C=O) groups is 1. The number of rotatable bonds is 1. The highest BCUT2D eigenvalue weighted by Gasteiger charge is 2.35. The number of H-pyrrole nitrogens is 1. The fourth-order valence-corrected chi connectivity index (χ4v) is 0.883. The maximum atomic E-state index is 12.3. The average Bonchev–Trinajstić information content (AvgIpc) is 2.62. The summed E-state index contributed by atoms with van der Waals surface area (Å²) in [6.07, 6.45) is -3.68. The highest BCUT2D eigenvalue weighted by Crippen LogP contribution is 2.29. The van der Waals surface area contributed by atoms with Crippen molar-refractivity contribution in [3.63, 3.8) is 0 Å². The number of hydrogen-bond donors (Lipinski definition) is 1. The second kappa shape index (κ2) is 4.70. The molecule has 7 heteroatoms. The molecule has 1 aromatic rings. The van der Waals surface area contributed by atoms with E-state index in [1.165, 1.54) is 0 Å². The predicted octanol–water partition coefficient (Wildman–Crippen LogP) is 1.34. The zero-order valence-corrected chi connectivity index (χ0v) is 8.18. The van der Waals surface area contributed by atoms with Gasteiger partial charge >= 0.3 is 12.1 Å². The molecule has 1 N–H and O–H groups in total. The van der Waals surface area contributed by atoms with Crippen LogP contribution in [-0.4, -0.2) is 22.8 Å². The van der Waals surface area contributed by atoms with Crippen molar-refractivity contribution in [3.05, 3.63) is 17.5 Å². The van der Waals surface area contributed by atoms with Crippen molar-refractivity contribution in [1.82, 2.24) is 10.2 Å². The van der Waals surface area contributed by atoms with Crippen molar-refractivity contribution in [2.75, 3.05) is 6.61 Å². The average molecular weight is 232 g/mol. The Labute approximate surface area is 88.8 Å². The van der Waals surface area contributed by atoms with Gasteiger partial charge in [-0.1, -0.05) is 5.92 Å². The van der Waals surface area contributed by atoms with Crippen LogP contribution in [0.15, 0.2) is 6.20 Å². The first-order valence-electron chi connectivity index (χ1n) is 4.24. The van der Waals surface area contributed by atoms with E-state index < -0.39 is 17.8 Å². The van der Waals surface area contributed by atoms with Crippen LogP contribution in [-0.2, 0) is 15.7 Å². The Balaban J connectivity index is 2.90. The fraction of sp³-hybridized carbons (Fsp3) is 0.333. The highest BCUT2D eigenvalue weighted by atomic mass is 19.4. The van der Waals surface area contributed by atoms with E-state index in [1.54, 1.807) is 12.0 Å². The van der Waals surface area contributed by atoms with Gasteiger partial charge in [0.25, 0.3) is 0 Å². The molecular formula is C9H7F3N2O2. The number of hydrogen-bond acceptors (Lipinski definition) is 3. The Hall–Kier alpha value is -1.97. The summed E-state index contributed by atoms with van der Waals surface area (Å²) < 4.78 is 41.3. The van der Waals surface area contributed by atoms with Gasteiger partial charge in [0.1, 0.15) is 0 Å². The summed E-state index contributed by atoms with van der Waals surface area (Å²) in [4.78, 5) is 10.8. The molecule has 0 aliphatic heterocycles. The Morgan fingerprint density at radius 1 is 1.62 bits per heavy atom. The zero-order valence-electron chi connectivity index (χ0n) is 8.18. The molecule has 0 fully saturated rings. The van der Waals surface area contributed by atoms with Crippen molar-refractivity contribution in [3.8, 4) is 11.8 Å². The molecule has 0 aliphatic carbocycles. The number of aromatic amines is 1. The monoisotopic (exact) mass is 232 g/mol. The number of esters is 1. The predicted molar refractivity (Wildman–Crippen MR) is 47.1 cm³/mol. The molecule has 0 saturated carbocycles. The van der Waals surface area contributed by atoms with Crippen molar-refractivity contribution < 1.29 is 22.7 Å². The molecule has 0 radical (unpaired) electrons. The molecule has 1 heterocycles. The molecule has 0 atom stereocenters. The Morgan fingerprint density at radius 2 is 2.31 bits per heavy atom. The van der Waals surface area contributed by atoms with E-state index in [4.69, 9.17) is 0 Å². The molecule has 4 nitrogen and oxygen atoms in total. The Morgan fingerprint density at radius 3 is 2.88 bits per heavy atom. The first-order valence-corrected chi connectivity index (χ1v) is 4.24. The zero-order chi connectivity index (χ0) is 12.2. The second-order valence-electron chi connectivity index (χ2n) is 2.63. The van der Waals surface area contributed by atoms with Gasteiger partial charge in [-0.25, -0.2) is 4.79 Å². The smallest absolute Gasteiger partial charge is 0.434 e. The summed E-state index contributed by atoms with van der Waals surface area (Å²) in [5, 5.41) is 4.98. The van der Waals surface area contributed by atoms with Crippen LogP contribution in [0.1, 0.15) is 18.2 Å². The van der Waals surface area contributed by atoms with E-state index in [0.29, 0.717) is 0 Å². The van der Waals surface area contributed by atoms with Crippen LogP contribution >= 0.6 is 0 Å². The lowest BCUT2D eigenvalue weighted by Gasteiger charge is -2.02. The summed E-state index contributed by atoms with van der Waals surface area (Å²) in [5.74, 6) is 3.10. The molecule has 0 amide bonds. The lowest BCUT2D eigenvalue weighted by Crippen LogP contribution is -2.08. The number of alkyl halides is 3. The van der Waals surface area contributed by atoms with Gasteiger partial charge in [0.15, 0.2) is 5.69 Å². The number of ether oxygens (including phenoxy) is 1. The van der Waals surface area contributed by atoms with E-state index in [9.17, 15) is 18.0 Å². The van der Waals surface area contributed by atoms with Crippen molar-refractivity contribution in [1.29, 1.82) is 0 Å². The summed E-state index contributed by atoms with van der Waals surface area (Å²) in [6.45, 7) is 1.68. The molecule has 0 saturated heterocycles. The highest BCUT2D eigenvalue weighted by molar-refractivity contribution is 5.89. The molecule has 0 aromatic carbocycles. The van der Waals surface area contributed by atoms with Gasteiger partial charge in [0, 0.05) is 5.92 Å². The molecule has 0 spiro atoms. The summed E-state index contributed by atoms with van der Waals surface area (Å²) in [5.41, 5.74) is -1.47. The van der Waals surface area contributed by atoms with Crippen LogP contribution in [0.25, 0.3) is 0 Å². The van der Waals surface area contributed by atoms with E-state index in [0.717, 1.165) is 6.20 Å². The van der Waals surface area contributed by atoms with E-state index in [-0.39, 0.29) is 12.2 Å². The van der Waals surface area contributed by atoms with Crippen LogP contribution in [0.3, 0.4) is 0 Å². The number of carbonyl (C=O) groups excluding carboxylic acids is 1. The number of nitrogens with zero attached hydrogens (tertiary/aromatic N) is 1. The lowest BCUT2D eigenvalue weighted by molar-refractivity contribution is -0.141. The van der Waals surface area contributed by atoms with Gasteiger partial charge in [-0.3, -0.25) is 5.10 Å². The molecule has 0 aliphatic rings. The summed E-state index contributed by atoms with van der Waals surface area (Å²) >= 11 is 0. The first-order chi connectivity index (χ1) is 7.45. The number of halogens is 3. The molecule has 1 aromatic heterocycles. The Bertz CT molecular complexity index is 440.